The first-order valence-electron chi connectivity index (χ1n) is 11.7. The first-order valence-corrected chi connectivity index (χ1v) is 11.7. The summed E-state index contributed by atoms with van der Waals surface area (Å²) in [7, 11) is 0. The molecule has 33 heavy (non-hydrogen) atoms. The fourth-order valence-electron chi connectivity index (χ4n) is 5.01. The fraction of sp³-hybridized carbons (Fsp3) is 0.520. The molecular formula is C25H33N5O3. The van der Waals surface area contributed by atoms with Gasteiger partial charge in [-0.15, -0.1) is 0 Å². The molecule has 1 spiro atoms. The number of rotatable bonds is 7. The Labute approximate surface area is 194 Å². The molecule has 8 heteroatoms. The number of hydrogen-bond acceptors (Lipinski definition) is 4. The van der Waals surface area contributed by atoms with Gasteiger partial charge in [0.2, 0.25) is 5.91 Å². The first-order chi connectivity index (χ1) is 15.7. The van der Waals surface area contributed by atoms with E-state index in [2.05, 4.69) is 36.5 Å². The predicted molar refractivity (Wildman–Crippen MR) is 125 cm³/mol. The smallest absolute Gasteiger partial charge is 0.325 e. The highest BCUT2D eigenvalue weighted by Crippen LogP contribution is 2.45. The number of carbonyl (C=O) groups excluding carboxylic acids is 3. The molecule has 2 N–H and O–H groups in total. The Hall–Kier alpha value is -3.16. The number of carbonyl (C=O) groups is 3. The zero-order chi connectivity index (χ0) is 23.6. The van der Waals surface area contributed by atoms with E-state index in [4.69, 9.17) is 0 Å². The largest absolute Gasteiger partial charge is 0.325 e. The molecule has 0 atom stereocenters. The van der Waals surface area contributed by atoms with Gasteiger partial charge in [0.25, 0.3) is 5.91 Å². The second-order valence-corrected chi connectivity index (χ2v) is 9.97. The summed E-state index contributed by atoms with van der Waals surface area (Å²) in [4.78, 5) is 39.6. The second-order valence-electron chi connectivity index (χ2n) is 9.97. The lowest BCUT2D eigenvalue weighted by Gasteiger charge is -2.42. The fourth-order valence-corrected chi connectivity index (χ4v) is 5.01. The molecule has 1 aromatic carbocycles. The van der Waals surface area contributed by atoms with Crippen LogP contribution >= 0.6 is 0 Å². The highest BCUT2D eigenvalue weighted by atomic mass is 16.2. The Bertz CT molecular complexity index is 1020. The van der Waals surface area contributed by atoms with E-state index < -0.39 is 17.5 Å². The van der Waals surface area contributed by atoms with Crippen LogP contribution in [0.25, 0.3) is 0 Å². The number of amides is 4. The van der Waals surface area contributed by atoms with Gasteiger partial charge in [-0.3, -0.25) is 19.2 Å². The van der Waals surface area contributed by atoms with Crippen molar-refractivity contribution in [2.75, 3.05) is 11.9 Å². The van der Waals surface area contributed by atoms with Crippen molar-refractivity contribution in [1.29, 1.82) is 0 Å². The van der Waals surface area contributed by atoms with Crippen LogP contribution in [0, 0.1) is 11.3 Å². The Morgan fingerprint density at radius 2 is 2.00 bits per heavy atom. The lowest BCUT2D eigenvalue weighted by Crippen LogP contribution is -2.51. The number of imide groups is 1. The normalized spacial score (nSPS) is 23.1. The lowest BCUT2D eigenvalue weighted by molar-refractivity contribution is -0.135. The average molecular weight is 452 g/mol. The number of aromatic nitrogens is 2. The number of nitrogens with zero attached hydrogens (tertiary/aromatic N) is 3. The maximum Gasteiger partial charge on any atom is 0.325 e. The molecule has 2 heterocycles. The van der Waals surface area contributed by atoms with Crippen LogP contribution in [-0.2, 0) is 16.1 Å². The van der Waals surface area contributed by atoms with Crippen molar-refractivity contribution in [2.45, 2.75) is 65.0 Å². The number of hydrogen-bond donors (Lipinski definition) is 2. The molecule has 2 aromatic rings. The average Bonchev–Trinajstić information content (AvgIpc) is 3.37. The van der Waals surface area contributed by atoms with Crippen molar-refractivity contribution in [2.24, 2.45) is 11.3 Å². The van der Waals surface area contributed by atoms with E-state index in [1.807, 2.05) is 30.5 Å². The molecule has 2 aliphatic rings. The Morgan fingerprint density at radius 3 is 2.67 bits per heavy atom. The van der Waals surface area contributed by atoms with Gasteiger partial charge in [-0.2, -0.15) is 5.10 Å². The van der Waals surface area contributed by atoms with Crippen LogP contribution in [0.2, 0.25) is 0 Å². The van der Waals surface area contributed by atoms with Gasteiger partial charge < -0.3 is 10.6 Å². The molecule has 4 amide bonds. The minimum absolute atomic E-state index is 0.221. The molecule has 2 fully saturated rings. The standard InChI is InChI=1S/C25H33N5O3/c1-4-24(2,3)19-9-11-25(12-10-19)22(32)30(23(33)28-25)17-21(31)27-20-8-5-7-18(15-20)16-29-14-6-13-26-29/h5-8,13-15,19H,4,9-12,16-17H2,1-3H3,(H,27,31)(H,28,33). The molecule has 1 aliphatic carbocycles. The van der Waals surface area contributed by atoms with Crippen LogP contribution in [0.5, 0.6) is 0 Å². The van der Waals surface area contributed by atoms with Crippen molar-refractivity contribution in [3.63, 3.8) is 0 Å². The number of anilines is 1. The third kappa shape index (κ3) is 4.79. The van der Waals surface area contributed by atoms with E-state index in [0.717, 1.165) is 29.7 Å². The molecular weight excluding hydrogens is 418 g/mol. The number of nitrogens with one attached hydrogen (secondary N) is 2. The van der Waals surface area contributed by atoms with E-state index in [1.54, 1.807) is 16.9 Å². The summed E-state index contributed by atoms with van der Waals surface area (Å²) < 4.78 is 1.80. The molecule has 1 saturated carbocycles. The van der Waals surface area contributed by atoms with Crippen molar-refractivity contribution in [1.82, 2.24) is 20.0 Å². The summed E-state index contributed by atoms with van der Waals surface area (Å²) in [5.41, 5.74) is 0.964. The molecule has 0 radical (unpaired) electrons. The molecule has 1 saturated heterocycles. The molecule has 8 nitrogen and oxygen atoms in total. The summed E-state index contributed by atoms with van der Waals surface area (Å²) in [6.07, 6.45) is 7.72. The Balaban J connectivity index is 1.36. The van der Waals surface area contributed by atoms with Gasteiger partial charge in [-0.05, 0) is 60.8 Å². The Kier molecular flexibility index (Phi) is 6.28. The van der Waals surface area contributed by atoms with Crippen molar-refractivity contribution in [3.8, 4) is 0 Å². The zero-order valence-corrected chi connectivity index (χ0v) is 19.6. The van der Waals surface area contributed by atoms with E-state index in [0.29, 0.717) is 31.0 Å². The van der Waals surface area contributed by atoms with Crippen LogP contribution in [0.4, 0.5) is 10.5 Å². The van der Waals surface area contributed by atoms with Gasteiger partial charge in [-0.1, -0.05) is 39.3 Å². The van der Waals surface area contributed by atoms with Gasteiger partial charge >= 0.3 is 6.03 Å². The van der Waals surface area contributed by atoms with Crippen molar-refractivity contribution < 1.29 is 14.4 Å². The van der Waals surface area contributed by atoms with Crippen molar-refractivity contribution >= 4 is 23.5 Å². The molecule has 0 bridgehead atoms. The number of benzene rings is 1. The maximum absolute atomic E-state index is 13.2. The molecule has 4 rings (SSSR count). The molecule has 1 aromatic heterocycles. The van der Waals surface area contributed by atoms with E-state index in [9.17, 15) is 14.4 Å². The predicted octanol–water partition coefficient (Wildman–Crippen LogP) is 3.79. The molecule has 176 valence electrons. The quantitative estimate of drug-likeness (QED) is 0.626. The SMILES string of the molecule is CCC(C)(C)C1CCC2(CC1)NC(=O)N(CC(=O)Nc1cccc(Cn3cccn3)c1)C2=O. The topological polar surface area (TPSA) is 96.3 Å². The zero-order valence-electron chi connectivity index (χ0n) is 19.6. The summed E-state index contributed by atoms with van der Waals surface area (Å²) in [6, 6.07) is 8.84. The first kappa shape index (κ1) is 23.0. The highest BCUT2D eigenvalue weighted by Gasteiger charge is 2.53. The van der Waals surface area contributed by atoms with E-state index in [-0.39, 0.29) is 17.9 Å². The van der Waals surface area contributed by atoms with Crippen molar-refractivity contribution in [3.05, 3.63) is 48.3 Å². The third-order valence-electron chi connectivity index (χ3n) is 7.52. The van der Waals surface area contributed by atoms with Crippen LogP contribution in [0.15, 0.2) is 42.7 Å². The van der Waals surface area contributed by atoms with Crippen LogP contribution in [0.1, 0.15) is 58.4 Å². The van der Waals surface area contributed by atoms with Gasteiger partial charge in [0.1, 0.15) is 12.1 Å². The minimum Gasteiger partial charge on any atom is -0.325 e. The van der Waals surface area contributed by atoms with E-state index in [1.165, 1.54) is 0 Å². The maximum atomic E-state index is 13.2. The molecule has 0 unspecified atom stereocenters. The van der Waals surface area contributed by atoms with Crippen LogP contribution < -0.4 is 10.6 Å². The molecule has 1 aliphatic heterocycles. The summed E-state index contributed by atoms with van der Waals surface area (Å²) in [5, 5.41) is 9.92. The van der Waals surface area contributed by atoms with Gasteiger partial charge in [0.05, 0.1) is 6.54 Å². The van der Waals surface area contributed by atoms with Gasteiger partial charge in [0, 0.05) is 18.1 Å². The lowest BCUT2D eigenvalue weighted by atomic mass is 9.65. The summed E-state index contributed by atoms with van der Waals surface area (Å²) >= 11 is 0. The summed E-state index contributed by atoms with van der Waals surface area (Å²) in [6.45, 7) is 7.03. The van der Waals surface area contributed by atoms with E-state index >= 15 is 0 Å². The number of urea groups is 1. The second kappa shape index (κ2) is 9.00. The van der Waals surface area contributed by atoms with Crippen LogP contribution in [-0.4, -0.2) is 44.6 Å². The van der Waals surface area contributed by atoms with Gasteiger partial charge in [-0.25, -0.2) is 4.79 Å². The minimum atomic E-state index is -0.860. The van der Waals surface area contributed by atoms with Gasteiger partial charge in [0.15, 0.2) is 0 Å². The monoisotopic (exact) mass is 451 g/mol. The Morgan fingerprint density at radius 1 is 1.24 bits per heavy atom. The highest BCUT2D eigenvalue weighted by molar-refractivity contribution is 6.10. The summed E-state index contributed by atoms with van der Waals surface area (Å²) in [5.74, 6) is -0.139. The third-order valence-corrected chi connectivity index (χ3v) is 7.52. The van der Waals surface area contributed by atoms with Crippen LogP contribution in [0.3, 0.4) is 0 Å².